The molecule has 3 nitrogen and oxygen atoms in total. The van der Waals surface area contributed by atoms with E-state index in [1.165, 1.54) is 0 Å². The maximum absolute atomic E-state index is 8.62. The number of aromatic nitrogens is 2. The lowest BCUT2D eigenvalue weighted by Crippen LogP contribution is -1.96. The van der Waals surface area contributed by atoms with Crippen molar-refractivity contribution in [1.29, 1.82) is 0 Å². The number of aliphatic hydroxyl groups excluding tert-OH is 1. The smallest absolute Gasteiger partial charge is 0.0521 e. The summed E-state index contributed by atoms with van der Waals surface area (Å²) in [6, 6.07) is 0. The predicted octanol–water partition coefficient (Wildman–Crippen LogP) is 0.831. The summed E-state index contributed by atoms with van der Waals surface area (Å²) in [7, 11) is 0. The quantitative estimate of drug-likeness (QED) is 0.678. The summed E-state index contributed by atoms with van der Waals surface area (Å²) in [4.78, 5) is 0. The van der Waals surface area contributed by atoms with Gasteiger partial charge >= 0.3 is 0 Å². The maximum Gasteiger partial charge on any atom is 0.0521 e. The predicted molar refractivity (Wildman–Crippen MR) is 51.1 cm³/mol. The molecule has 3 heteroatoms. The lowest BCUT2D eigenvalue weighted by Gasteiger charge is -1.95. The summed E-state index contributed by atoms with van der Waals surface area (Å²) in [5.41, 5.74) is 1.16. The normalized spacial score (nSPS) is 9.85. The molecule has 0 aliphatic heterocycles. The summed E-state index contributed by atoms with van der Waals surface area (Å²) in [6.07, 6.45) is 11.3. The van der Waals surface area contributed by atoms with Gasteiger partial charge in [0.25, 0.3) is 0 Å². The third-order valence-electron chi connectivity index (χ3n) is 1.80. The van der Waals surface area contributed by atoms with E-state index in [-0.39, 0.29) is 6.61 Å². The minimum absolute atomic E-state index is 0.232. The van der Waals surface area contributed by atoms with Crippen molar-refractivity contribution in [2.24, 2.45) is 0 Å². The number of hydrogen-bond acceptors (Lipinski definition) is 2. The molecule has 13 heavy (non-hydrogen) atoms. The molecule has 0 spiro atoms. The van der Waals surface area contributed by atoms with E-state index in [0.29, 0.717) is 6.42 Å². The molecular formula is C10H14N2O. The fourth-order valence-corrected chi connectivity index (χ4v) is 1.12. The van der Waals surface area contributed by atoms with Crippen LogP contribution in [0.2, 0.25) is 0 Å². The fourth-order valence-electron chi connectivity index (χ4n) is 1.12. The molecule has 0 saturated carbocycles. The van der Waals surface area contributed by atoms with Gasteiger partial charge in [-0.05, 0) is 18.4 Å². The van der Waals surface area contributed by atoms with Gasteiger partial charge in [0.2, 0.25) is 0 Å². The van der Waals surface area contributed by atoms with Crippen molar-refractivity contribution in [3.8, 4) is 12.3 Å². The van der Waals surface area contributed by atoms with Gasteiger partial charge in [0, 0.05) is 19.2 Å². The van der Waals surface area contributed by atoms with Crippen LogP contribution in [0.1, 0.15) is 18.4 Å². The van der Waals surface area contributed by atoms with Crippen LogP contribution < -0.4 is 0 Å². The Labute approximate surface area is 78.4 Å². The second kappa shape index (κ2) is 5.39. The third-order valence-corrected chi connectivity index (χ3v) is 1.80. The Bertz CT molecular complexity index is 285. The average Bonchev–Trinajstić information content (AvgIpc) is 2.59. The van der Waals surface area contributed by atoms with Crippen molar-refractivity contribution in [3.05, 3.63) is 18.0 Å². The second-order valence-corrected chi connectivity index (χ2v) is 2.89. The molecule has 0 aliphatic rings. The molecule has 70 valence electrons. The summed E-state index contributed by atoms with van der Waals surface area (Å²) >= 11 is 0. The molecule has 0 aliphatic carbocycles. The van der Waals surface area contributed by atoms with Crippen molar-refractivity contribution in [2.75, 3.05) is 6.61 Å². The maximum atomic E-state index is 8.62. The zero-order valence-corrected chi connectivity index (χ0v) is 7.61. The van der Waals surface area contributed by atoms with Crippen LogP contribution in [-0.4, -0.2) is 21.5 Å². The van der Waals surface area contributed by atoms with E-state index in [1.807, 2.05) is 17.1 Å². The van der Waals surface area contributed by atoms with Crippen LogP contribution >= 0.6 is 0 Å². The highest BCUT2D eigenvalue weighted by molar-refractivity contribution is 5.03. The molecule has 1 aromatic rings. The van der Waals surface area contributed by atoms with Crippen LogP contribution in [0.5, 0.6) is 0 Å². The lowest BCUT2D eigenvalue weighted by atomic mass is 10.2. The number of terminal acetylenes is 1. The lowest BCUT2D eigenvalue weighted by molar-refractivity contribution is 0.288. The first-order valence-corrected chi connectivity index (χ1v) is 4.42. The summed E-state index contributed by atoms with van der Waals surface area (Å²) in [5.74, 6) is 2.57. The van der Waals surface area contributed by atoms with E-state index in [2.05, 4.69) is 11.0 Å². The Balaban J connectivity index is 2.40. The van der Waals surface area contributed by atoms with E-state index in [9.17, 15) is 0 Å². The van der Waals surface area contributed by atoms with Gasteiger partial charge < -0.3 is 5.11 Å². The van der Waals surface area contributed by atoms with Crippen LogP contribution in [0.3, 0.4) is 0 Å². The minimum atomic E-state index is 0.232. The molecule has 1 aromatic heterocycles. The Morgan fingerprint density at radius 2 is 2.46 bits per heavy atom. The Hall–Kier alpha value is -1.27. The zero-order chi connectivity index (χ0) is 9.52. The van der Waals surface area contributed by atoms with E-state index < -0.39 is 0 Å². The van der Waals surface area contributed by atoms with Gasteiger partial charge in [-0.25, -0.2) is 0 Å². The topological polar surface area (TPSA) is 38.0 Å². The van der Waals surface area contributed by atoms with Gasteiger partial charge in [0.05, 0.1) is 12.7 Å². The molecule has 1 heterocycles. The number of rotatable bonds is 5. The number of hydrogen-bond donors (Lipinski definition) is 1. The monoisotopic (exact) mass is 178 g/mol. The van der Waals surface area contributed by atoms with Crippen molar-refractivity contribution in [1.82, 2.24) is 9.78 Å². The van der Waals surface area contributed by atoms with Crippen LogP contribution in [0.25, 0.3) is 0 Å². The number of nitrogens with zero attached hydrogens (tertiary/aromatic N) is 2. The van der Waals surface area contributed by atoms with E-state index >= 15 is 0 Å². The van der Waals surface area contributed by atoms with Gasteiger partial charge in [-0.1, -0.05) is 0 Å². The van der Waals surface area contributed by atoms with E-state index in [4.69, 9.17) is 11.5 Å². The fraction of sp³-hybridized carbons (Fsp3) is 0.500. The first kappa shape index (κ1) is 9.82. The van der Waals surface area contributed by atoms with Crippen molar-refractivity contribution >= 4 is 0 Å². The van der Waals surface area contributed by atoms with Gasteiger partial charge in [-0.2, -0.15) is 5.10 Å². The summed E-state index contributed by atoms with van der Waals surface area (Å²) in [5, 5.41) is 12.8. The van der Waals surface area contributed by atoms with Crippen LogP contribution in [0.15, 0.2) is 12.4 Å². The number of aliphatic hydroxyl groups is 1. The first-order chi connectivity index (χ1) is 6.36. The zero-order valence-electron chi connectivity index (χ0n) is 7.61. The molecule has 0 radical (unpaired) electrons. The van der Waals surface area contributed by atoms with Crippen molar-refractivity contribution in [2.45, 2.75) is 25.8 Å². The molecule has 0 fully saturated rings. The molecule has 0 aromatic carbocycles. The standard InChI is InChI=1S/C10H14N2O/c1-2-3-6-12-9-10(8-11-12)5-4-7-13/h1,8-9,13H,3-7H2. The van der Waals surface area contributed by atoms with E-state index in [1.54, 1.807) is 0 Å². The van der Waals surface area contributed by atoms with Crippen LogP contribution in [-0.2, 0) is 13.0 Å². The third kappa shape index (κ3) is 3.30. The molecule has 0 bridgehead atoms. The minimum Gasteiger partial charge on any atom is -0.396 e. The van der Waals surface area contributed by atoms with Gasteiger partial charge in [-0.15, -0.1) is 12.3 Å². The second-order valence-electron chi connectivity index (χ2n) is 2.89. The molecular weight excluding hydrogens is 164 g/mol. The molecule has 0 unspecified atom stereocenters. The SMILES string of the molecule is C#CCCn1cc(CCCO)cn1. The highest BCUT2D eigenvalue weighted by atomic mass is 16.2. The summed E-state index contributed by atoms with van der Waals surface area (Å²) < 4.78 is 1.84. The van der Waals surface area contributed by atoms with Gasteiger partial charge in [0.1, 0.15) is 0 Å². The van der Waals surface area contributed by atoms with Crippen molar-refractivity contribution in [3.63, 3.8) is 0 Å². The molecule has 0 atom stereocenters. The highest BCUT2D eigenvalue weighted by Gasteiger charge is 1.96. The number of aryl methyl sites for hydroxylation is 2. The highest BCUT2D eigenvalue weighted by Crippen LogP contribution is 2.01. The molecule has 0 amide bonds. The Morgan fingerprint density at radius 1 is 1.62 bits per heavy atom. The first-order valence-electron chi connectivity index (χ1n) is 4.42. The average molecular weight is 178 g/mol. The Morgan fingerprint density at radius 3 is 3.15 bits per heavy atom. The van der Waals surface area contributed by atoms with Crippen LogP contribution in [0, 0.1) is 12.3 Å². The molecule has 1 rings (SSSR count). The Kier molecular flexibility index (Phi) is 4.07. The van der Waals surface area contributed by atoms with Gasteiger partial charge in [-0.3, -0.25) is 4.68 Å². The molecule has 1 N–H and O–H groups in total. The van der Waals surface area contributed by atoms with E-state index in [0.717, 1.165) is 24.9 Å². The van der Waals surface area contributed by atoms with Crippen LogP contribution in [0.4, 0.5) is 0 Å². The summed E-state index contributed by atoms with van der Waals surface area (Å²) in [6.45, 7) is 1.01. The van der Waals surface area contributed by atoms with Crippen molar-refractivity contribution < 1.29 is 5.11 Å². The largest absolute Gasteiger partial charge is 0.396 e. The van der Waals surface area contributed by atoms with Gasteiger partial charge in [0.15, 0.2) is 0 Å². The molecule has 0 saturated heterocycles.